The van der Waals surface area contributed by atoms with Gasteiger partial charge < -0.3 is 14.9 Å². The molecule has 2 aromatic carbocycles. The lowest BCUT2D eigenvalue weighted by Gasteiger charge is -2.34. The summed E-state index contributed by atoms with van der Waals surface area (Å²) >= 11 is 0. The minimum absolute atomic E-state index is 0.0327. The molecule has 1 N–H and O–H groups in total. The van der Waals surface area contributed by atoms with Crippen LogP contribution in [0.4, 0.5) is 5.69 Å². The summed E-state index contributed by atoms with van der Waals surface area (Å²) in [5, 5.41) is 9.67. The molecule has 4 rings (SSSR count). The second-order valence-electron chi connectivity index (χ2n) is 7.22. The molecule has 0 bridgehead atoms. The molecule has 1 aliphatic carbocycles. The van der Waals surface area contributed by atoms with Crippen molar-refractivity contribution in [3.63, 3.8) is 0 Å². The van der Waals surface area contributed by atoms with Crippen molar-refractivity contribution in [2.24, 2.45) is 0 Å². The Labute approximate surface area is 154 Å². The molecule has 4 heteroatoms. The summed E-state index contributed by atoms with van der Waals surface area (Å²) in [6.45, 7) is 4.28. The number of ketones is 1. The maximum atomic E-state index is 12.7. The number of piperazine rings is 1. The van der Waals surface area contributed by atoms with E-state index in [-0.39, 0.29) is 11.5 Å². The highest BCUT2D eigenvalue weighted by Crippen LogP contribution is 2.29. The Morgan fingerprint density at radius 2 is 1.69 bits per heavy atom. The molecule has 0 aromatic heterocycles. The average molecular weight is 348 g/mol. The highest BCUT2D eigenvalue weighted by molar-refractivity contribution is 6.13. The Bertz CT molecular complexity index is 847. The van der Waals surface area contributed by atoms with Crippen LogP contribution in [0, 0.1) is 0 Å². The molecule has 0 radical (unpaired) electrons. The summed E-state index contributed by atoms with van der Waals surface area (Å²) in [6, 6.07) is 13.6. The van der Waals surface area contributed by atoms with E-state index in [9.17, 15) is 9.90 Å². The molecule has 2 aromatic rings. The summed E-state index contributed by atoms with van der Waals surface area (Å²) in [4.78, 5) is 17.5. The number of aryl methyl sites for hydroxylation is 1. The lowest BCUT2D eigenvalue weighted by Crippen LogP contribution is -2.44. The quantitative estimate of drug-likeness (QED) is 0.845. The van der Waals surface area contributed by atoms with E-state index in [0.29, 0.717) is 5.56 Å². The highest BCUT2D eigenvalue weighted by Gasteiger charge is 2.22. The normalized spacial score (nSPS) is 19.7. The molecule has 0 unspecified atom stereocenters. The monoisotopic (exact) mass is 348 g/mol. The number of aromatic hydroxyl groups is 1. The molecule has 1 fully saturated rings. The number of hydrogen-bond acceptors (Lipinski definition) is 4. The number of phenols is 1. The predicted molar refractivity (Wildman–Crippen MR) is 105 cm³/mol. The van der Waals surface area contributed by atoms with Crippen LogP contribution in [0.1, 0.15) is 27.9 Å². The van der Waals surface area contributed by atoms with Crippen LogP contribution >= 0.6 is 0 Å². The zero-order chi connectivity index (χ0) is 18.1. The van der Waals surface area contributed by atoms with Crippen molar-refractivity contribution in [2.45, 2.75) is 12.8 Å². The molecule has 0 atom stereocenters. The SMILES string of the molecule is CN1CCN(c2ccc(C=C3CCc4ccc(O)cc4C3=O)cc2)CC1. The predicted octanol–water partition coefficient (Wildman–Crippen LogP) is 3.36. The maximum Gasteiger partial charge on any atom is 0.189 e. The molecule has 4 nitrogen and oxygen atoms in total. The van der Waals surface area contributed by atoms with Crippen molar-refractivity contribution < 1.29 is 9.90 Å². The van der Waals surface area contributed by atoms with Crippen molar-refractivity contribution in [3.05, 3.63) is 64.7 Å². The van der Waals surface area contributed by atoms with E-state index >= 15 is 0 Å². The van der Waals surface area contributed by atoms with E-state index < -0.39 is 0 Å². The van der Waals surface area contributed by atoms with E-state index in [1.165, 1.54) is 5.69 Å². The van der Waals surface area contributed by atoms with Crippen LogP contribution in [-0.2, 0) is 6.42 Å². The first-order valence-electron chi connectivity index (χ1n) is 9.21. The fraction of sp³-hybridized carbons (Fsp3) is 0.318. The van der Waals surface area contributed by atoms with Gasteiger partial charge in [0.1, 0.15) is 5.75 Å². The molecule has 1 saturated heterocycles. The largest absolute Gasteiger partial charge is 0.508 e. The van der Waals surface area contributed by atoms with Crippen LogP contribution in [0.2, 0.25) is 0 Å². The zero-order valence-corrected chi connectivity index (χ0v) is 15.1. The molecule has 2 aliphatic rings. The zero-order valence-electron chi connectivity index (χ0n) is 15.1. The molecule has 0 spiro atoms. The molecule has 0 amide bonds. The van der Waals surface area contributed by atoms with Gasteiger partial charge in [0.25, 0.3) is 0 Å². The minimum Gasteiger partial charge on any atom is -0.508 e. The van der Waals surface area contributed by atoms with E-state index in [1.54, 1.807) is 12.1 Å². The van der Waals surface area contributed by atoms with Gasteiger partial charge in [-0.2, -0.15) is 0 Å². The Kier molecular flexibility index (Phi) is 4.51. The fourth-order valence-electron chi connectivity index (χ4n) is 3.73. The van der Waals surface area contributed by atoms with Crippen LogP contribution in [0.5, 0.6) is 5.75 Å². The number of fused-ring (bicyclic) bond motifs is 1. The van der Waals surface area contributed by atoms with Gasteiger partial charge in [0.15, 0.2) is 5.78 Å². The van der Waals surface area contributed by atoms with Crippen LogP contribution < -0.4 is 4.90 Å². The summed E-state index contributed by atoms with van der Waals surface area (Å²) in [7, 11) is 2.16. The number of phenolic OH excluding ortho intramolecular Hbond substituents is 1. The standard InChI is InChI=1S/C22H24N2O2/c1-23-10-12-24(13-11-23)19-7-2-16(3-8-19)14-18-5-4-17-6-9-20(25)15-21(17)22(18)26/h2-3,6-9,14-15,25H,4-5,10-13H2,1H3. The van der Waals surface area contributed by atoms with Crippen LogP contribution in [0.25, 0.3) is 6.08 Å². The van der Waals surface area contributed by atoms with Crippen LogP contribution in [0.15, 0.2) is 48.0 Å². The number of likely N-dealkylation sites (N-methyl/N-ethyl adjacent to an activating group) is 1. The van der Waals surface area contributed by atoms with Crippen molar-refractivity contribution >= 4 is 17.5 Å². The highest BCUT2D eigenvalue weighted by atomic mass is 16.3. The van der Waals surface area contributed by atoms with Gasteiger partial charge in [-0.15, -0.1) is 0 Å². The number of benzene rings is 2. The van der Waals surface area contributed by atoms with Crippen molar-refractivity contribution in [1.29, 1.82) is 0 Å². The molecular formula is C22H24N2O2. The summed E-state index contributed by atoms with van der Waals surface area (Å²) in [6.07, 6.45) is 3.58. The number of rotatable bonds is 2. The summed E-state index contributed by atoms with van der Waals surface area (Å²) in [5.74, 6) is 0.181. The molecule has 26 heavy (non-hydrogen) atoms. The number of carbonyl (C=O) groups excluding carboxylic acids is 1. The van der Waals surface area contributed by atoms with Crippen molar-refractivity contribution in [2.75, 3.05) is 38.1 Å². The Morgan fingerprint density at radius 1 is 0.962 bits per heavy atom. The number of hydrogen-bond donors (Lipinski definition) is 1. The van der Waals surface area contributed by atoms with Gasteiger partial charge in [-0.05, 0) is 61.4 Å². The molecule has 134 valence electrons. The number of Topliss-reactive ketones (excluding diaryl/α,β-unsaturated/α-hetero) is 1. The first kappa shape index (κ1) is 16.9. The molecule has 1 aliphatic heterocycles. The number of anilines is 1. The smallest absolute Gasteiger partial charge is 0.189 e. The topological polar surface area (TPSA) is 43.8 Å². The van der Waals surface area contributed by atoms with Gasteiger partial charge in [-0.3, -0.25) is 4.79 Å². The summed E-state index contributed by atoms with van der Waals surface area (Å²) in [5.41, 5.74) is 4.77. The third kappa shape index (κ3) is 3.37. The van der Waals surface area contributed by atoms with Gasteiger partial charge in [0, 0.05) is 43.0 Å². The van der Waals surface area contributed by atoms with Crippen LogP contribution in [-0.4, -0.2) is 49.0 Å². The Hall–Kier alpha value is -2.59. The van der Waals surface area contributed by atoms with Gasteiger partial charge in [0.2, 0.25) is 0 Å². The molecule has 1 heterocycles. The molecule has 0 saturated carbocycles. The van der Waals surface area contributed by atoms with E-state index in [0.717, 1.165) is 55.7 Å². The Morgan fingerprint density at radius 3 is 2.42 bits per heavy atom. The van der Waals surface area contributed by atoms with E-state index in [4.69, 9.17) is 0 Å². The Balaban J connectivity index is 1.52. The third-order valence-electron chi connectivity index (χ3n) is 5.40. The molecular weight excluding hydrogens is 324 g/mol. The third-order valence-corrected chi connectivity index (χ3v) is 5.40. The van der Waals surface area contributed by atoms with Gasteiger partial charge in [0.05, 0.1) is 0 Å². The van der Waals surface area contributed by atoms with Crippen LogP contribution in [0.3, 0.4) is 0 Å². The average Bonchev–Trinajstić information content (AvgIpc) is 2.66. The number of nitrogens with zero attached hydrogens (tertiary/aromatic N) is 2. The maximum absolute atomic E-state index is 12.7. The summed E-state index contributed by atoms with van der Waals surface area (Å²) < 4.78 is 0. The minimum atomic E-state index is 0.0327. The van der Waals surface area contributed by atoms with E-state index in [1.807, 2.05) is 12.1 Å². The van der Waals surface area contributed by atoms with Gasteiger partial charge >= 0.3 is 0 Å². The second kappa shape index (κ2) is 6.96. The second-order valence-corrected chi connectivity index (χ2v) is 7.22. The van der Waals surface area contributed by atoms with E-state index in [2.05, 4.69) is 41.1 Å². The van der Waals surface area contributed by atoms with Crippen molar-refractivity contribution in [3.8, 4) is 5.75 Å². The fourth-order valence-corrected chi connectivity index (χ4v) is 3.73. The number of allylic oxidation sites excluding steroid dienone is 1. The first-order chi connectivity index (χ1) is 12.6. The lowest BCUT2D eigenvalue weighted by molar-refractivity contribution is 0.102. The van der Waals surface area contributed by atoms with Gasteiger partial charge in [-0.1, -0.05) is 18.2 Å². The number of carbonyl (C=O) groups is 1. The lowest BCUT2D eigenvalue weighted by atomic mass is 9.86. The first-order valence-corrected chi connectivity index (χ1v) is 9.21. The van der Waals surface area contributed by atoms with Crippen molar-refractivity contribution in [1.82, 2.24) is 4.90 Å². The van der Waals surface area contributed by atoms with Gasteiger partial charge in [-0.25, -0.2) is 0 Å².